The number of thioether (sulfide) groups is 1. The SMILES string of the molecule is CCOP(=O)(OCC)OCSc1ccccn1. The molecule has 5 nitrogen and oxygen atoms in total. The van der Waals surface area contributed by atoms with E-state index in [1.54, 1.807) is 20.0 Å². The molecule has 0 bridgehead atoms. The third-order valence-electron chi connectivity index (χ3n) is 1.63. The van der Waals surface area contributed by atoms with Crippen LogP contribution in [0, 0.1) is 0 Å². The molecular weight excluding hydrogens is 261 g/mol. The van der Waals surface area contributed by atoms with Crippen LogP contribution in [0.4, 0.5) is 0 Å². The molecule has 0 amide bonds. The minimum absolute atomic E-state index is 0.175. The van der Waals surface area contributed by atoms with Gasteiger partial charge in [0.15, 0.2) is 0 Å². The summed E-state index contributed by atoms with van der Waals surface area (Å²) in [6.07, 6.45) is 1.69. The minimum Gasteiger partial charge on any atom is -0.287 e. The fourth-order valence-corrected chi connectivity index (χ4v) is 3.03. The van der Waals surface area contributed by atoms with E-state index in [2.05, 4.69) is 4.98 Å². The Morgan fingerprint density at radius 2 is 1.94 bits per heavy atom. The molecule has 0 saturated heterocycles. The molecule has 0 aliphatic carbocycles. The maximum absolute atomic E-state index is 11.9. The predicted octanol–water partition coefficient (Wildman–Crippen LogP) is 3.33. The van der Waals surface area contributed by atoms with Gasteiger partial charge in [0.05, 0.1) is 18.2 Å². The first-order valence-corrected chi connectivity index (χ1v) is 7.72. The molecule has 0 N–H and O–H groups in total. The number of nitrogens with zero attached hydrogens (tertiary/aromatic N) is 1. The number of rotatable bonds is 8. The number of phosphoric ester groups is 1. The first-order valence-electron chi connectivity index (χ1n) is 5.27. The maximum atomic E-state index is 11.9. The Morgan fingerprint density at radius 3 is 2.47 bits per heavy atom. The van der Waals surface area contributed by atoms with Crippen molar-refractivity contribution >= 4 is 19.6 Å². The summed E-state index contributed by atoms with van der Waals surface area (Å²) in [6.45, 7) is 4.04. The molecule has 1 aromatic heterocycles. The normalized spacial score (nSPS) is 11.6. The fourth-order valence-electron chi connectivity index (χ4n) is 1.01. The average Bonchev–Trinajstić information content (AvgIpc) is 2.31. The summed E-state index contributed by atoms with van der Waals surface area (Å²) >= 11 is 1.33. The van der Waals surface area contributed by atoms with Crippen molar-refractivity contribution in [1.29, 1.82) is 0 Å². The summed E-state index contributed by atoms with van der Waals surface area (Å²) < 4.78 is 27.0. The van der Waals surface area contributed by atoms with Gasteiger partial charge in [-0.2, -0.15) is 0 Å². The van der Waals surface area contributed by atoms with Gasteiger partial charge in [-0.3, -0.25) is 13.6 Å². The molecule has 1 rings (SSSR count). The minimum atomic E-state index is -3.40. The molecular formula is C10H16NO4PS. The summed E-state index contributed by atoms with van der Waals surface area (Å²) in [4.78, 5) is 4.10. The van der Waals surface area contributed by atoms with E-state index in [0.29, 0.717) is 0 Å². The average molecular weight is 277 g/mol. The van der Waals surface area contributed by atoms with Crippen molar-refractivity contribution in [2.24, 2.45) is 0 Å². The van der Waals surface area contributed by atoms with E-state index in [1.165, 1.54) is 11.8 Å². The Labute approximate surface area is 105 Å². The summed E-state index contributed by atoms with van der Waals surface area (Å²) in [6, 6.07) is 5.55. The molecule has 7 heteroatoms. The highest BCUT2D eigenvalue weighted by molar-refractivity contribution is 7.99. The lowest BCUT2D eigenvalue weighted by atomic mass is 10.5. The van der Waals surface area contributed by atoms with Crippen LogP contribution in [-0.2, 0) is 18.1 Å². The van der Waals surface area contributed by atoms with E-state index in [9.17, 15) is 4.57 Å². The molecule has 0 aliphatic heterocycles. The van der Waals surface area contributed by atoms with Crippen LogP contribution in [0.1, 0.15) is 13.8 Å². The Bertz CT molecular complexity index is 353. The molecule has 96 valence electrons. The first kappa shape index (κ1) is 14.7. The largest absolute Gasteiger partial charge is 0.475 e. The maximum Gasteiger partial charge on any atom is 0.475 e. The van der Waals surface area contributed by atoms with Crippen LogP contribution in [0.25, 0.3) is 0 Å². The molecule has 0 radical (unpaired) electrons. The van der Waals surface area contributed by atoms with Gasteiger partial charge in [0, 0.05) is 6.20 Å². The lowest BCUT2D eigenvalue weighted by Crippen LogP contribution is -1.99. The van der Waals surface area contributed by atoms with Crippen LogP contribution in [0.3, 0.4) is 0 Å². The molecule has 1 aromatic rings. The highest BCUT2D eigenvalue weighted by Gasteiger charge is 2.25. The third-order valence-corrected chi connectivity index (χ3v) is 4.17. The van der Waals surface area contributed by atoms with Gasteiger partial charge in [-0.05, 0) is 26.0 Å². The second-order valence-electron chi connectivity index (χ2n) is 2.84. The van der Waals surface area contributed by atoms with Gasteiger partial charge in [-0.25, -0.2) is 9.55 Å². The van der Waals surface area contributed by atoms with Gasteiger partial charge in [0.25, 0.3) is 0 Å². The Balaban J connectivity index is 2.40. The van der Waals surface area contributed by atoms with E-state index in [1.807, 2.05) is 18.2 Å². The van der Waals surface area contributed by atoms with Gasteiger partial charge in [0.2, 0.25) is 0 Å². The van der Waals surface area contributed by atoms with Crippen molar-refractivity contribution in [3.63, 3.8) is 0 Å². The van der Waals surface area contributed by atoms with Crippen LogP contribution in [-0.4, -0.2) is 24.1 Å². The Kier molecular flexibility index (Phi) is 6.77. The lowest BCUT2D eigenvalue weighted by Gasteiger charge is -2.15. The van der Waals surface area contributed by atoms with Gasteiger partial charge in [0.1, 0.15) is 5.94 Å². The van der Waals surface area contributed by atoms with Crippen molar-refractivity contribution < 1.29 is 18.1 Å². The zero-order chi connectivity index (χ0) is 12.6. The van der Waals surface area contributed by atoms with E-state index >= 15 is 0 Å². The molecule has 0 unspecified atom stereocenters. The van der Waals surface area contributed by atoms with Crippen molar-refractivity contribution in [2.45, 2.75) is 18.9 Å². The number of aromatic nitrogens is 1. The highest BCUT2D eigenvalue weighted by atomic mass is 32.2. The van der Waals surface area contributed by atoms with Crippen LogP contribution in [0.2, 0.25) is 0 Å². The Hall–Kier alpha value is -0.390. The van der Waals surface area contributed by atoms with Crippen molar-refractivity contribution in [3.05, 3.63) is 24.4 Å². The molecule has 0 aliphatic rings. The topological polar surface area (TPSA) is 57.7 Å². The second-order valence-corrected chi connectivity index (χ2v) is 5.45. The molecule has 0 aromatic carbocycles. The van der Waals surface area contributed by atoms with Gasteiger partial charge >= 0.3 is 7.82 Å². The Morgan fingerprint density at radius 1 is 1.24 bits per heavy atom. The molecule has 0 spiro atoms. The number of pyridine rings is 1. The van der Waals surface area contributed by atoms with Crippen molar-refractivity contribution in [3.8, 4) is 0 Å². The fraction of sp³-hybridized carbons (Fsp3) is 0.500. The zero-order valence-corrected chi connectivity index (χ0v) is 11.6. The molecule has 1 heterocycles. The smallest absolute Gasteiger partial charge is 0.287 e. The van der Waals surface area contributed by atoms with Crippen molar-refractivity contribution in [2.75, 3.05) is 19.2 Å². The molecule has 0 fully saturated rings. The predicted molar refractivity (Wildman–Crippen MR) is 66.9 cm³/mol. The monoisotopic (exact) mass is 277 g/mol. The van der Waals surface area contributed by atoms with E-state index < -0.39 is 7.82 Å². The zero-order valence-electron chi connectivity index (χ0n) is 9.87. The van der Waals surface area contributed by atoms with Crippen LogP contribution in [0.5, 0.6) is 0 Å². The standard InChI is InChI=1S/C10H16NO4PS/c1-3-13-16(12,14-4-2)15-9-17-10-7-5-6-8-11-10/h5-8H,3-4,9H2,1-2H3. The lowest BCUT2D eigenvalue weighted by molar-refractivity contribution is 0.137. The van der Waals surface area contributed by atoms with E-state index in [-0.39, 0.29) is 19.2 Å². The summed E-state index contributed by atoms with van der Waals surface area (Å²) in [5.74, 6) is 0.175. The van der Waals surface area contributed by atoms with Gasteiger partial charge < -0.3 is 0 Å². The molecule has 0 atom stereocenters. The van der Waals surface area contributed by atoms with Crippen LogP contribution in [0.15, 0.2) is 29.4 Å². The van der Waals surface area contributed by atoms with E-state index in [0.717, 1.165) is 5.03 Å². The quantitative estimate of drug-likeness (QED) is 0.412. The summed E-state index contributed by atoms with van der Waals surface area (Å²) in [5.41, 5.74) is 0. The van der Waals surface area contributed by atoms with E-state index in [4.69, 9.17) is 13.6 Å². The number of hydrogen-bond donors (Lipinski definition) is 0. The second kappa shape index (κ2) is 7.84. The number of hydrogen-bond acceptors (Lipinski definition) is 6. The third kappa shape index (κ3) is 5.66. The van der Waals surface area contributed by atoms with Crippen LogP contribution < -0.4 is 0 Å². The van der Waals surface area contributed by atoms with Crippen LogP contribution >= 0.6 is 19.6 Å². The summed E-state index contributed by atoms with van der Waals surface area (Å²) in [7, 11) is -3.40. The first-order chi connectivity index (χ1) is 8.20. The van der Waals surface area contributed by atoms with Gasteiger partial charge in [-0.15, -0.1) is 0 Å². The molecule has 17 heavy (non-hydrogen) atoms. The van der Waals surface area contributed by atoms with Gasteiger partial charge in [-0.1, -0.05) is 17.8 Å². The highest BCUT2D eigenvalue weighted by Crippen LogP contribution is 2.50. The van der Waals surface area contributed by atoms with Crippen molar-refractivity contribution in [1.82, 2.24) is 4.98 Å². The molecule has 0 saturated carbocycles. The number of phosphoric acid groups is 1. The summed E-state index contributed by atoms with van der Waals surface area (Å²) in [5, 5.41) is 0.798.